The number of aliphatic carboxylic acids is 1. The van der Waals surface area contributed by atoms with Crippen LogP contribution in [-0.2, 0) is 14.8 Å². The molecule has 0 aliphatic carbocycles. The predicted molar refractivity (Wildman–Crippen MR) is 155 cm³/mol. The van der Waals surface area contributed by atoms with Crippen LogP contribution >= 0.6 is 11.8 Å². The number of alkyl halides is 4. The van der Waals surface area contributed by atoms with E-state index in [-0.39, 0.29) is 73.3 Å². The van der Waals surface area contributed by atoms with Gasteiger partial charge in [0.1, 0.15) is 0 Å². The van der Waals surface area contributed by atoms with E-state index < -0.39 is 39.8 Å². The summed E-state index contributed by atoms with van der Waals surface area (Å²) in [5.41, 5.74) is 1.84. The molecule has 2 aromatic rings. The van der Waals surface area contributed by atoms with Crippen LogP contribution in [-0.4, -0.2) is 61.3 Å². The van der Waals surface area contributed by atoms with Gasteiger partial charge in [0.15, 0.2) is 0 Å². The first-order valence-electron chi connectivity index (χ1n) is 13.1. The summed E-state index contributed by atoms with van der Waals surface area (Å²) in [5, 5.41) is 27.5. The first-order chi connectivity index (χ1) is 20.2. The minimum absolute atomic E-state index is 0. The van der Waals surface area contributed by atoms with Crippen LogP contribution in [0.25, 0.3) is 0 Å². The topological polar surface area (TPSA) is 172 Å². The molecule has 2 amide bonds. The number of thioether (sulfide) groups is 1. The maximum absolute atomic E-state index is 13.5. The second kappa shape index (κ2) is 18.8. The van der Waals surface area contributed by atoms with Gasteiger partial charge < -0.3 is 20.8 Å². The van der Waals surface area contributed by atoms with E-state index in [1.54, 1.807) is 17.2 Å². The summed E-state index contributed by atoms with van der Waals surface area (Å²) in [6.45, 7) is 2.60. The Morgan fingerprint density at radius 3 is 2.20 bits per heavy atom. The maximum Gasteiger partial charge on any atom is 1.00 e. The zero-order valence-corrected chi connectivity index (χ0v) is 28.8. The third-order valence-electron chi connectivity index (χ3n) is 5.68. The Bertz CT molecular complexity index is 1370. The van der Waals surface area contributed by atoms with Gasteiger partial charge >= 0.3 is 75.2 Å². The molecule has 0 spiro atoms. The predicted octanol–water partition coefficient (Wildman–Crippen LogP) is 1.76. The van der Waals surface area contributed by atoms with Crippen molar-refractivity contribution >= 4 is 56.7 Å². The molecule has 11 nitrogen and oxygen atoms in total. The number of benzene rings is 2. The number of hydrazone groups is 1. The fraction of sp³-hybridized carbons (Fsp3) is 0.423. The summed E-state index contributed by atoms with van der Waals surface area (Å²) in [4.78, 5) is 22.4. The number of amides is 2. The normalized spacial score (nSPS) is 12.2. The quantitative estimate of drug-likeness (QED) is 0.0394. The first kappa shape index (κ1) is 39.9. The monoisotopic (exact) mass is 689 g/mol. The van der Waals surface area contributed by atoms with Crippen molar-refractivity contribution in [3.63, 3.8) is 0 Å². The molecular weight excluding hydrogens is 658 g/mol. The molecule has 0 unspecified atom stereocenters. The van der Waals surface area contributed by atoms with Gasteiger partial charge in [-0.3, -0.25) is 10.1 Å². The second-order valence-corrected chi connectivity index (χ2v) is 12.0. The van der Waals surface area contributed by atoms with Crippen LogP contribution in [0.1, 0.15) is 39.0 Å². The van der Waals surface area contributed by atoms with Gasteiger partial charge in [-0.05, 0) is 54.6 Å². The molecule has 0 atom stereocenters. The molecule has 5 N–H and O–H groups in total. The summed E-state index contributed by atoms with van der Waals surface area (Å²) in [7, 11) is -4.15. The van der Waals surface area contributed by atoms with Gasteiger partial charge in [-0.2, -0.15) is 34.4 Å². The summed E-state index contributed by atoms with van der Waals surface area (Å²) in [5.74, 6) is -15.5. The van der Waals surface area contributed by atoms with Gasteiger partial charge in [0.2, 0.25) is 0 Å². The fourth-order valence-electron chi connectivity index (χ4n) is 3.34. The minimum atomic E-state index is -5.68. The van der Waals surface area contributed by atoms with E-state index in [1.165, 1.54) is 49.9 Å². The molecule has 238 valence electrons. The van der Waals surface area contributed by atoms with Crippen molar-refractivity contribution in [3.8, 4) is 0 Å². The number of unbranched alkanes of at least 4 members (excludes halogenated alkanes) is 4. The molecule has 0 aliphatic heterocycles. The van der Waals surface area contributed by atoms with E-state index in [1.807, 2.05) is 0 Å². The maximum atomic E-state index is 13.5. The Morgan fingerprint density at radius 1 is 0.932 bits per heavy atom. The van der Waals surface area contributed by atoms with Gasteiger partial charge in [0.05, 0.1) is 16.5 Å². The Morgan fingerprint density at radius 2 is 1.57 bits per heavy atom. The van der Waals surface area contributed by atoms with Crippen molar-refractivity contribution in [2.75, 3.05) is 33.5 Å². The second-order valence-electron chi connectivity index (χ2n) is 9.10. The van der Waals surface area contributed by atoms with E-state index in [2.05, 4.69) is 27.4 Å². The molecule has 0 saturated carbocycles. The number of hydrogen-bond acceptors (Lipinski definition) is 8. The Kier molecular flexibility index (Phi) is 17.0. The average molecular weight is 690 g/mol. The summed E-state index contributed by atoms with van der Waals surface area (Å²) >= 11 is 1.74. The Balaban J connectivity index is 0.00000968. The van der Waals surface area contributed by atoms with Gasteiger partial charge in [0, 0.05) is 23.7 Å². The number of carboxylic acids is 1. The number of nitrogens with one attached hydrogen (secondary N) is 4. The standard InChI is InChI=1S/C26H33F4N5O6S2.K/c1-2-3-4-5-6-15-42-16-14-31-24(39)32-20-8-7-9-21(17-20)43(40,41)35-19-12-10-18(11-13-19)33-34-22(36)25(27,28)26(29,30)23(37)38;/h7-13,17,33,35H,2-6,14-16H2,1H3,(H,34,36)(H,37,38)(H2,31,32,39);/q;+1/p-1. The van der Waals surface area contributed by atoms with Crippen molar-refractivity contribution in [1.29, 1.82) is 0 Å². The number of sulfonamides is 1. The Labute approximate surface area is 299 Å². The van der Waals surface area contributed by atoms with Crippen molar-refractivity contribution in [2.45, 2.75) is 55.8 Å². The molecule has 18 heteroatoms. The molecule has 0 heterocycles. The van der Waals surface area contributed by atoms with Gasteiger partial charge in [-0.25, -0.2) is 18.0 Å². The molecule has 0 aromatic heterocycles. The summed E-state index contributed by atoms with van der Waals surface area (Å²) < 4.78 is 81.1. The van der Waals surface area contributed by atoms with E-state index in [0.717, 1.165) is 42.2 Å². The molecule has 0 aliphatic rings. The third-order valence-corrected chi connectivity index (χ3v) is 8.13. The number of carbonyl (C=O) groups excluding carboxylic acids is 1. The molecular formula is C26H32F4KN5O6S2. The van der Waals surface area contributed by atoms with Crippen LogP contribution in [0.5, 0.6) is 0 Å². The van der Waals surface area contributed by atoms with Crippen LogP contribution < -0.4 is 77.3 Å². The molecule has 0 saturated heterocycles. The zero-order chi connectivity index (χ0) is 32.1. The van der Waals surface area contributed by atoms with Gasteiger partial charge in [-0.1, -0.05) is 38.7 Å². The number of anilines is 3. The number of hydrogen-bond donors (Lipinski definition) is 5. The number of rotatable bonds is 18. The van der Waals surface area contributed by atoms with Crippen molar-refractivity contribution in [1.82, 2.24) is 5.32 Å². The number of urea groups is 1. The van der Waals surface area contributed by atoms with E-state index >= 15 is 0 Å². The third kappa shape index (κ3) is 12.4. The van der Waals surface area contributed by atoms with Crippen molar-refractivity contribution in [2.24, 2.45) is 5.10 Å². The van der Waals surface area contributed by atoms with Gasteiger partial charge in [0.25, 0.3) is 10.0 Å². The number of nitrogens with zero attached hydrogens (tertiary/aromatic N) is 1. The van der Waals surface area contributed by atoms with Crippen LogP contribution in [0.3, 0.4) is 0 Å². The number of carbonyl (C=O) groups is 2. The average Bonchev–Trinajstić information content (AvgIpc) is 2.95. The molecule has 0 radical (unpaired) electrons. The molecule has 44 heavy (non-hydrogen) atoms. The Hall–Kier alpha value is -2.09. The summed E-state index contributed by atoms with van der Waals surface area (Å²) in [6.07, 6.45) is 5.97. The molecule has 0 bridgehead atoms. The summed E-state index contributed by atoms with van der Waals surface area (Å²) in [6, 6.07) is 9.45. The SMILES string of the molecule is CCCCCCCSCCNC(=O)Nc1cccc(S(=O)(=O)Nc2ccc(NN=C([O-])C(F)(F)C(F)(F)C(=O)O)cc2)c1.[K+]. The van der Waals surface area contributed by atoms with Crippen molar-refractivity contribution < 1.29 is 97.2 Å². The van der Waals surface area contributed by atoms with Crippen molar-refractivity contribution in [3.05, 3.63) is 48.5 Å². The zero-order valence-electron chi connectivity index (χ0n) is 24.0. The number of carboxylic acid groups (broad SMARTS) is 1. The van der Waals surface area contributed by atoms with Gasteiger partial charge in [-0.15, -0.1) is 0 Å². The van der Waals surface area contributed by atoms with Crippen LogP contribution in [0.2, 0.25) is 0 Å². The van der Waals surface area contributed by atoms with E-state index in [4.69, 9.17) is 5.11 Å². The minimum Gasteiger partial charge on any atom is -0.856 e. The van der Waals surface area contributed by atoms with Crippen LogP contribution in [0, 0.1) is 0 Å². The van der Waals surface area contributed by atoms with Crippen LogP contribution in [0.4, 0.5) is 39.4 Å². The first-order valence-corrected chi connectivity index (χ1v) is 15.7. The largest absolute Gasteiger partial charge is 1.00 e. The smallest absolute Gasteiger partial charge is 0.856 e. The van der Waals surface area contributed by atoms with E-state index in [0.29, 0.717) is 6.54 Å². The molecule has 2 rings (SSSR count). The molecule has 0 fully saturated rings. The molecule has 2 aromatic carbocycles. The van der Waals surface area contributed by atoms with E-state index in [9.17, 15) is 40.7 Å². The number of halogens is 4. The fourth-order valence-corrected chi connectivity index (χ4v) is 5.31. The van der Waals surface area contributed by atoms with Crippen LogP contribution in [0.15, 0.2) is 58.5 Å².